The van der Waals surface area contributed by atoms with Crippen LogP contribution in [0, 0.1) is 6.92 Å². The molecule has 0 aliphatic heterocycles. The average molecular weight is 241 g/mol. The molecule has 0 radical (unpaired) electrons. The smallest absolute Gasteiger partial charge is 0.226 e. The Hall–Kier alpha value is -1.89. The fraction of sp³-hybridized carbons (Fsp3) is 0.222. The Morgan fingerprint density at radius 1 is 1.56 bits per heavy atom. The van der Waals surface area contributed by atoms with Gasteiger partial charge in [-0.05, 0) is 26.1 Å². The SMILES string of the molecule is CC(=O)c1c(NNC(N)=S)oc(C)cc1=O. The van der Waals surface area contributed by atoms with E-state index in [2.05, 4.69) is 23.1 Å². The highest BCUT2D eigenvalue weighted by Crippen LogP contribution is 2.12. The molecule has 0 atom stereocenters. The van der Waals surface area contributed by atoms with Crippen molar-refractivity contribution in [2.75, 3.05) is 5.43 Å². The molecule has 0 aromatic carbocycles. The Kier molecular flexibility index (Phi) is 3.62. The maximum absolute atomic E-state index is 11.5. The largest absolute Gasteiger partial charge is 0.443 e. The van der Waals surface area contributed by atoms with Gasteiger partial charge in [0.25, 0.3) is 0 Å². The highest BCUT2D eigenvalue weighted by molar-refractivity contribution is 7.80. The third kappa shape index (κ3) is 2.80. The van der Waals surface area contributed by atoms with Crippen molar-refractivity contribution in [1.82, 2.24) is 5.43 Å². The van der Waals surface area contributed by atoms with E-state index in [1.807, 2.05) is 0 Å². The van der Waals surface area contributed by atoms with Crippen LogP contribution in [0.1, 0.15) is 23.0 Å². The number of nitrogens with one attached hydrogen (secondary N) is 2. The van der Waals surface area contributed by atoms with E-state index in [1.54, 1.807) is 6.92 Å². The lowest BCUT2D eigenvalue weighted by Crippen LogP contribution is -2.35. The van der Waals surface area contributed by atoms with Crippen molar-refractivity contribution in [3.05, 3.63) is 27.6 Å². The molecule has 7 heteroatoms. The quantitative estimate of drug-likeness (QED) is 0.398. The van der Waals surface area contributed by atoms with Crippen LogP contribution in [0.4, 0.5) is 5.88 Å². The molecule has 1 aromatic heterocycles. The van der Waals surface area contributed by atoms with Crippen LogP contribution in [-0.2, 0) is 0 Å². The first-order valence-corrected chi connectivity index (χ1v) is 4.79. The monoisotopic (exact) mass is 241 g/mol. The summed E-state index contributed by atoms with van der Waals surface area (Å²) in [6.45, 7) is 2.87. The predicted octanol–water partition coefficient (Wildman–Crippen LogP) is 0.311. The van der Waals surface area contributed by atoms with Crippen LogP contribution in [0.5, 0.6) is 0 Å². The van der Waals surface area contributed by atoms with Crippen molar-refractivity contribution in [3.63, 3.8) is 0 Å². The minimum atomic E-state index is -0.413. The van der Waals surface area contributed by atoms with E-state index < -0.39 is 11.2 Å². The van der Waals surface area contributed by atoms with Crippen molar-refractivity contribution in [2.24, 2.45) is 5.73 Å². The number of hydrazine groups is 1. The molecule has 0 spiro atoms. The minimum absolute atomic E-state index is 0.00491. The fourth-order valence-electron chi connectivity index (χ4n) is 1.15. The molecule has 1 rings (SSSR count). The molecule has 0 bridgehead atoms. The van der Waals surface area contributed by atoms with Gasteiger partial charge in [0.1, 0.15) is 11.3 Å². The topological polar surface area (TPSA) is 97.4 Å². The van der Waals surface area contributed by atoms with Crippen molar-refractivity contribution < 1.29 is 9.21 Å². The molecule has 0 aliphatic carbocycles. The van der Waals surface area contributed by atoms with Gasteiger partial charge in [-0.15, -0.1) is 0 Å². The van der Waals surface area contributed by atoms with Gasteiger partial charge in [-0.25, -0.2) is 0 Å². The number of aryl methyl sites for hydroxylation is 1. The second-order valence-electron chi connectivity index (χ2n) is 3.10. The molecule has 16 heavy (non-hydrogen) atoms. The molecule has 86 valence electrons. The minimum Gasteiger partial charge on any atom is -0.443 e. The summed E-state index contributed by atoms with van der Waals surface area (Å²) in [7, 11) is 0. The van der Waals surface area contributed by atoms with Crippen LogP contribution in [0.15, 0.2) is 15.3 Å². The van der Waals surface area contributed by atoms with Gasteiger partial charge in [0.05, 0.1) is 0 Å². The number of anilines is 1. The van der Waals surface area contributed by atoms with Crippen LogP contribution in [0.3, 0.4) is 0 Å². The zero-order valence-corrected chi connectivity index (χ0v) is 9.60. The Labute approximate surface area is 96.8 Å². The summed E-state index contributed by atoms with van der Waals surface area (Å²) in [5, 5.41) is -0.0290. The Morgan fingerprint density at radius 2 is 2.19 bits per heavy atom. The second-order valence-corrected chi connectivity index (χ2v) is 3.54. The first-order chi connectivity index (χ1) is 7.41. The van der Waals surface area contributed by atoms with Crippen molar-refractivity contribution in [3.8, 4) is 0 Å². The number of hydrogen-bond donors (Lipinski definition) is 3. The summed E-state index contributed by atoms with van der Waals surface area (Å²) in [5.41, 5.74) is 9.57. The van der Waals surface area contributed by atoms with Crippen LogP contribution in [0.2, 0.25) is 0 Å². The third-order valence-electron chi connectivity index (χ3n) is 1.72. The van der Waals surface area contributed by atoms with E-state index in [0.29, 0.717) is 5.76 Å². The van der Waals surface area contributed by atoms with Crippen LogP contribution < -0.4 is 22.0 Å². The molecule has 0 saturated carbocycles. The molecular formula is C9H11N3O3S. The van der Waals surface area contributed by atoms with Crippen molar-refractivity contribution >= 4 is 29.0 Å². The number of ketones is 1. The summed E-state index contributed by atoms with van der Waals surface area (Å²) in [6, 6.07) is 1.24. The number of carbonyl (C=O) groups excluding carboxylic acids is 1. The highest BCUT2D eigenvalue weighted by atomic mass is 32.1. The predicted molar refractivity (Wildman–Crippen MR) is 63.3 cm³/mol. The van der Waals surface area contributed by atoms with Gasteiger partial charge in [-0.3, -0.25) is 20.4 Å². The van der Waals surface area contributed by atoms with E-state index in [1.165, 1.54) is 13.0 Å². The highest BCUT2D eigenvalue weighted by Gasteiger charge is 2.15. The molecule has 6 nitrogen and oxygen atoms in total. The average Bonchev–Trinajstić information content (AvgIpc) is 2.12. The number of thiocarbonyl (C=S) groups is 1. The molecule has 1 aromatic rings. The molecule has 1 heterocycles. The van der Waals surface area contributed by atoms with Crippen molar-refractivity contribution in [1.29, 1.82) is 0 Å². The number of nitrogens with two attached hydrogens (primary N) is 1. The first-order valence-electron chi connectivity index (χ1n) is 4.39. The van der Waals surface area contributed by atoms with Gasteiger partial charge < -0.3 is 10.2 Å². The Bertz CT molecular complexity index is 495. The summed E-state index contributed by atoms with van der Waals surface area (Å²) in [6.07, 6.45) is 0. The normalized spacial score (nSPS) is 9.62. The van der Waals surface area contributed by atoms with E-state index in [0.717, 1.165) is 0 Å². The van der Waals surface area contributed by atoms with Gasteiger partial charge in [0.15, 0.2) is 16.3 Å². The molecule has 4 N–H and O–H groups in total. The molecule has 0 saturated heterocycles. The summed E-state index contributed by atoms with van der Waals surface area (Å²) in [4.78, 5) is 22.8. The number of Topliss-reactive ketones (excluding diaryl/α,β-unsaturated/α-hetero) is 1. The van der Waals surface area contributed by atoms with E-state index in [4.69, 9.17) is 10.2 Å². The second kappa shape index (κ2) is 4.75. The Morgan fingerprint density at radius 3 is 2.69 bits per heavy atom. The lowest BCUT2D eigenvalue weighted by atomic mass is 10.2. The standard InChI is InChI=1S/C9H11N3O3S/c1-4-3-6(14)7(5(2)13)8(15-4)11-12-9(10)16/h3,11H,1-2H3,(H3,10,12,16). The summed E-state index contributed by atoms with van der Waals surface area (Å²) in [5.74, 6) is -0.0199. The zero-order valence-electron chi connectivity index (χ0n) is 8.79. The van der Waals surface area contributed by atoms with Gasteiger partial charge in [0, 0.05) is 6.07 Å². The lowest BCUT2D eigenvalue weighted by molar-refractivity contribution is 0.101. The maximum Gasteiger partial charge on any atom is 0.226 e. The number of carbonyl (C=O) groups is 1. The van der Waals surface area contributed by atoms with Crippen LogP contribution >= 0.6 is 12.2 Å². The van der Waals surface area contributed by atoms with Gasteiger partial charge >= 0.3 is 0 Å². The van der Waals surface area contributed by atoms with E-state index in [-0.39, 0.29) is 16.6 Å². The maximum atomic E-state index is 11.5. The third-order valence-corrected chi connectivity index (χ3v) is 1.82. The lowest BCUT2D eigenvalue weighted by Gasteiger charge is -2.09. The van der Waals surface area contributed by atoms with Crippen molar-refractivity contribution in [2.45, 2.75) is 13.8 Å². The van der Waals surface area contributed by atoms with Gasteiger partial charge in [0.2, 0.25) is 5.88 Å². The summed E-state index contributed by atoms with van der Waals surface area (Å²) < 4.78 is 5.19. The van der Waals surface area contributed by atoms with E-state index in [9.17, 15) is 9.59 Å². The molecular weight excluding hydrogens is 230 g/mol. The van der Waals surface area contributed by atoms with Gasteiger partial charge in [-0.1, -0.05) is 0 Å². The summed E-state index contributed by atoms with van der Waals surface area (Å²) >= 11 is 4.57. The fourth-order valence-corrected chi connectivity index (χ4v) is 1.20. The molecule has 0 aliphatic rings. The zero-order chi connectivity index (χ0) is 12.3. The van der Waals surface area contributed by atoms with E-state index >= 15 is 0 Å². The number of hydrogen-bond acceptors (Lipinski definition) is 5. The number of rotatable bonds is 3. The van der Waals surface area contributed by atoms with Crippen LogP contribution in [-0.4, -0.2) is 10.9 Å². The van der Waals surface area contributed by atoms with Crippen LogP contribution in [0.25, 0.3) is 0 Å². The molecule has 0 fully saturated rings. The first kappa shape index (κ1) is 12.2. The van der Waals surface area contributed by atoms with Gasteiger partial charge in [-0.2, -0.15) is 0 Å². The Balaban J connectivity index is 3.19. The molecule has 0 amide bonds. The molecule has 0 unspecified atom stereocenters.